The molecule has 4 rings (SSSR count). The Bertz CT molecular complexity index is 992. The van der Waals surface area contributed by atoms with Gasteiger partial charge in [-0.2, -0.15) is 0 Å². The lowest BCUT2D eigenvalue weighted by atomic mass is 10.0. The zero-order valence-corrected chi connectivity index (χ0v) is 17.6. The zero-order valence-electron chi connectivity index (χ0n) is 15.2. The van der Waals surface area contributed by atoms with Gasteiger partial charge in [-0.15, -0.1) is 0 Å². The number of nitrogens with one attached hydrogen (secondary N) is 1. The summed E-state index contributed by atoms with van der Waals surface area (Å²) in [5.74, 6) is 1.57. The summed E-state index contributed by atoms with van der Waals surface area (Å²) in [6.07, 6.45) is 2.77. The van der Waals surface area contributed by atoms with Crippen LogP contribution in [0.25, 0.3) is 11.3 Å². The standard InChI is InChI=1S/C21H19Cl2N3OS/c1-2-11-26-20(19(25-21(26)28)16-5-3-4-10-24-16)18-9-8-17(27-18)13-6-7-14(22)15(23)12-13/h3-10,12,19-20H,2,11H2,1H3,(H,25,28)/t19-,20-/m0/s1. The van der Waals surface area contributed by atoms with Crippen LogP contribution in [0.1, 0.15) is 36.9 Å². The van der Waals surface area contributed by atoms with Gasteiger partial charge < -0.3 is 14.6 Å². The van der Waals surface area contributed by atoms with Crippen LogP contribution < -0.4 is 5.32 Å². The summed E-state index contributed by atoms with van der Waals surface area (Å²) < 4.78 is 6.25. The lowest BCUT2D eigenvalue weighted by molar-refractivity contribution is 0.275. The Morgan fingerprint density at radius 3 is 2.71 bits per heavy atom. The fraction of sp³-hybridized carbons (Fsp3) is 0.238. The van der Waals surface area contributed by atoms with Crippen molar-refractivity contribution in [2.75, 3.05) is 6.54 Å². The van der Waals surface area contributed by atoms with Crippen molar-refractivity contribution in [3.05, 3.63) is 76.2 Å². The molecule has 1 saturated heterocycles. The Morgan fingerprint density at radius 2 is 2.00 bits per heavy atom. The van der Waals surface area contributed by atoms with Crippen LogP contribution in [0.3, 0.4) is 0 Å². The summed E-state index contributed by atoms with van der Waals surface area (Å²) >= 11 is 17.8. The molecule has 0 bridgehead atoms. The third-order valence-corrected chi connectivity index (χ3v) is 5.88. The number of benzene rings is 1. The molecule has 0 aliphatic carbocycles. The minimum absolute atomic E-state index is 0.0705. The van der Waals surface area contributed by atoms with Gasteiger partial charge in [-0.25, -0.2) is 0 Å². The molecule has 2 atom stereocenters. The molecule has 3 aromatic rings. The van der Waals surface area contributed by atoms with Crippen molar-refractivity contribution in [3.63, 3.8) is 0 Å². The number of hydrogen-bond acceptors (Lipinski definition) is 3. The molecular weight excluding hydrogens is 413 g/mol. The molecule has 2 aromatic heterocycles. The fourth-order valence-electron chi connectivity index (χ4n) is 3.51. The quantitative estimate of drug-likeness (QED) is 0.499. The molecule has 4 nitrogen and oxygen atoms in total. The van der Waals surface area contributed by atoms with Crippen molar-refractivity contribution in [3.8, 4) is 11.3 Å². The molecular formula is C21H19Cl2N3OS. The first kappa shape index (κ1) is 19.2. The van der Waals surface area contributed by atoms with Crippen molar-refractivity contribution >= 4 is 40.5 Å². The molecule has 144 valence electrons. The summed E-state index contributed by atoms with van der Waals surface area (Å²) in [6.45, 7) is 2.97. The van der Waals surface area contributed by atoms with Crippen LogP contribution >= 0.6 is 35.4 Å². The minimum atomic E-state index is -0.0759. The van der Waals surface area contributed by atoms with Gasteiger partial charge in [0.15, 0.2) is 5.11 Å². The molecule has 0 radical (unpaired) electrons. The average molecular weight is 432 g/mol. The maximum absolute atomic E-state index is 6.25. The summed E-state index contributed by atoms with van der Waals surface area (Å²) in [6, 6.07) is 15.2. The van der Waals surface area contributed by atoms with Crippen molar-refractivity contribution in [1.82, 2.24) is 15.2 Å². The third kappa shape index (κ3) is 3.62. The van der Waals surface area contributed by atoms with Crippen LogP contribution in [0.15, 0.2) is 59.1 Å². The predicted octanol–water partition coefficient (Wildman–Crippen LogP) is 6.03. The van der Waals surface area contributed by atoms with Crippen LogP contribution in [0.4, 0.5) is 0 Å². The Morgan fingerprint density at radius 1 is 1.14 bits per heavy atom. The maximum atomic E-state index is 6.25. The van der Waals surface area contributed by atoms with E-state index < -0.39 is 0 Å². The fourth-order valence-corrected chi connectivity index (χ4v) is 4.14. The number of pyridine rings is 1. The van der Waals surface area contributed by atoms with E-state index in [1.807, 2.05) is 42.5 Å². The number of furan rings is 1. The number of thiocarbonyl (C=S) groups is 1. The molecule has 1 aliphatic rings. The highest BCUT2D eigenvalue weighted by atomic mass is 35.5. The van der Waals surface area contributed by atoms with Crippen molar-refractivity contribution in [2.24, 2.45) is 0 Å². The number of rotatable bonds is 5. The van der Waals surface area contributed by atoms with Crippen LogP contribution in [0, 0.1) is 0 Å². The first-order valence-electron chi connectivity index (χ1n) is 9.11. The molecule has 7 heteroatoms. The Hall–Kier alpha value is -2.08. The Kier molecular flexibility index (Phi) is 5.58. The molecule has 0 spiro atoms. The van der Waals surface area contributed by atoms with E-state index in [0.717, 1.165) is 40.9 Å². The molecule has 1 aromatic carbocycles. The number of hydrogen-bond donors (Lipinski definition) is 1. The van der Waals surface area contributed by atoms with E-state index in [0.29, 0.717) is 10.0 Å². The average Bonchev–Trinajstić information content (AvgIpc) is 3.30. The van der Waals surface area contributed by atoms with Crippen molar-refractivity contribution in [1.29, 1.82) is 0 Å². The SMILES string of the molecule is CCCN1C(=S)N[C@@H](c2ccccn2)[C@@H]1c1ccc(-c2ccc(Cl)c(Cl)c2)o1. The van der Waals surface area contributed by atoms with Gasteiger partial charge in [0, 0.05) is 18.3 Å². The summed E-state index contributed by atoms with van der Waals surface area (Å²) in [5, 5.41) is 5.15. The monoisotopic (exact) mass is 431 g/mol. The van der Waals surface area contributed by atoms with Gasteiger partial charge in [-0.05, 0) is 61.1 Å². The van der Waals surface area contributed by atoms with Gasteiger partial charge in [0.25, 0.3) is 0 Å². The van der Waals surface area contributed by atoms with Gasteiger partial charge in [0.05, 0.1) is 21.8 Å². The first-order chi connectivity index (χ1) is 13.6. The topological polar surface area (TPSA) is 41.3 Å². The highest BCUT2D eigenvalue weighted by Crippen LogP contribution is 2.40. The number of halogens is 2. The van der Waals surface area contributed by atoms with E-state index in [9.17, 15) is 0 Å². The van der Waals surface area contributed by atoms with Gasteiger partial charge in [0.1, 0.15) is 17.6 Å². The van der Waals surface area contributed by atoms with E-state index in [2.05, 4.69) is 22.1 Å². The third-order valence-electron chi connectivity index (χ3n) is 4.78. The van der Waals surface area contributed by atoms with Gasteiger partial charge in [-0.1, -0.05) is 36.2 Å². The van der Waals surface area contributed by atoms with Crippen LogP contribution in [-0.4, -0.2) is 21.5 Å². The Balaban J connectivity index is 1.72. The first-order valence-corrected chi connectivity index (χ1v) is 10.3. The van der Waals surface area contributed by atoms with E-state index in [-0.39, 0.29) is 12.1 Å². The molecule has 1 aliphatic heterocycles. The highest BCUT2D eigenvalue weighted by Gasteiger charge is 2.41. The maximum Gasteiger partial charge on any atom is 0.170 e. The van der Waals surface area contributed by atoms with Crippen LogP contribution in [0.5, 0.6) is 0 Å². The molecule has 0 saturated carbocycles. The van der Waals surface area contributed by atoms with Crippen molar-refractivity contribution < 1.29 is 4.42 Å². The molecule has 0 unspecified atom stereocenters. The lowest BCUT2D eigenvalue weighted by Crippen LogP contribution is -2.30. The molecule has 0 amide bonds. The Labute approximate surface area is 179 Å². The van der Waals surface area contributed by atoms with Gasteiger partial charge in [0.2, 0.25) is 0 Å². The molecule has 28 heavy (non-hydrogen) atoms. The minimum Gasteiger partial charge on any atom is -0.459 e. The largest absolute Gasteiger partial charge is 0.459 e. The lowest BCUT2D eigenvalue weighted by Gasteiger charge is -2.25. The van der Waals surface area contributed by atoms with E-state index >= 15 is 0 Å². The number of aromatic nitrogens is 1. The van der Waals surface area contributed by atoms with Crippen LogP contribution in [0.2, 0.25) is 10.0 Å². The molecule has 1 N–H and O–H groups in total. The zero-order chi connectivity index (χ0) is 19.7. The summed E-state index contributed by atoms with van der Waals surface area (Å²) in [7, 11) is 0. The second-order valence-electron chi connectivity index (χ2n) is 6.65. The molecule has 1 fully saturated rings. The second-order valence-corrected chi connectivity index (χ2v) is 7.85. The smallest absolute Gasteiger partial charge is 0.170 e. The van der Waals surface area contributed by atoms with Gasteiger partial charge >= 0.3 is 0 Å². The van der Waals surface area contributed by atoms with E-state index in [4.69, 9.17) is 39.8 Å². The van der Waals surface area contributed by atoms with Crippen molar-refractivity contribution in [2.45, 2.75) is 25.4 Å². The normalized spacial score (nSPS) is 19.1. The highest BCUT2D eigenvalue weighted by molar-refractivity contribution is 7.80. The second kappa shape index (κ2) is 8.11. The van der Waals surface area contributed by atoms with E-state index in [1.165, 1.54) is 0 Å². The summed E-state index contributed by atoms with van der Waals surface area (Å²) in [4.78, 5) is 6.70. The van der Waals surface area contributed by atoms with E-state index in [1.54, 1.807) is 12.3 Å². The predicted molar refractivity (Wildman–Crippen MR) is 117 cm³/mol. The van der Waals surface area contributed by atoms with Gasteiger partial charge in [-0.3, -0.25) is 4.98 Å². The summed E-state index contributed by atoms with van der Waals surface area (Å²) in [5.41, 5.74) is 1.81. The number of nitrogens with zero attached hydrogens (tertiary/aromatic N) is 2. The molecule has 3 heterocycles. The van der Waals surface area contributed by atoms with Crippen LogP contribution in [-0.2, 0) is 0 Å².